The van der Waals surface area contributed by atoms with Crippen LogP contribution in [-0.4, -0.2) is 60.3 Å². The van der Waals surface area contributed by atoms with Gasteiger partial charge in [-0.05, 0) is 18.6 Å². The molecule has 0 spiro atoms. The smallest absolute Gasteiger partial charge is 0.255 e. The lowest BCUT2D eigenvalue weighted by Crippen LogP contribution is -2.42. The van der Waals surface area contributed by atoms with Crippen molar-refractivity contribution in [1.29, 1.82) is 0 Å². The third kappa shape index (κ3) is 3.10. The van der Waals surface area contributed by atoms with Crippen molar-refractivity contribution in [3.05, 3.63) is 41.9 Å². The van der Waals surface area contributed by atoms with E-state index in [2.05, 4.69) is 32.3 Å². The second kappa shape index (κ2) is 6.60. The van der Waals surface area contributed by atoms with Crippen LogP contribution in [0.1, 0.15) is 41.5 Å². The molecule has 9 heteroatoms. The fourth-order valence-corrected chi connectivity index (χ4v) is 2.93. The first-order chi connectivity index (χ1) is 12.2. The first-order valence-electron chi connectivity index (χ1n) is 8.36. The van der Waals surface area contributed by atoms with Gasteiger partial charge in [-0.1, -0.05) is 6.92 Å². The van der Waals surface area contributed by atoms with Crippen LogP contribution in [0.5, 0.6) is 0 Å². The second-order valence-corrected chi connectivity index (χ2v) is 6.02. The zero-order valence-electron chi connectivity index (χ0n) is 13.9. The Kier molecular flexibility index (Phi) is 4.14. The number of hydrogen-bond donors (Lipinski definition) is 1. The van der Waals surface area contributed by atoms with Crippen LogP contribution in [0, 0.1) is 0 Å². The summed E-state index contributed by atoms with van der Waals surface area (Å²) in [5, 5.41) is 15.0. The molecule has 0 unspecified atom stereocenters. The highest BCUT2D eigenvalue weighted by atomic mass is 16.5. The number of aromatic nitrogens is 6. The summed E-state index contributed by atoms with van der Waals surface area (Å²) in [4.78, 5) is 19.1. The number of morpholine rings is 1. The molecule has 3 aromatic rings. The SMILES string of the molecule is CCCc1nc([C@H]2CN(C(=O)c3ccc4nncn4c3)CCO2)n[nH]1. The molecule has 3 aromatic heterocycles. The van der Waals surface area contributed by atoms with E-state index >= 15 is 0 Å². The lowest BCUT2D eigenvalue weighted by atomic mass is 10.2. The Bertz CT molecular complexity index is 887. The van der Waals surface area contributed by atoms with Gasteiger partial charge in [-0.3, -0.25) is 14.3 Å². The van der Waals surface area contributed by atoms with Gasteiger partial charge < -0.3 is 9.64 Å². The molecular formula is C16H19N7O2. The summed E-state index contributed by atoms with van der Waals surface area (Å²) in [5.41, 5.74) is 1.30. The average molecular weight is 341 g/mol. The molecule has 0 aliphatic carbocycles. The van der Waals surface area contributed by atoms with E-state index in [9.17, 15) is 4.79 Å². The molecule has 1 saturated heterocycles. The van der Waals surface area contributed by atoms with Gasteiger partial charge in [0.15, 0.2) is 11.5 Å². The zero-order chi connectivity index (χ0) is 17.2. The first kappa shape index (κ1) is 15.7. The van der Waals surface area contributed by atoms with Crippen molar-refractivity contribution in [2.24, 2.45) is 0 Å². The number of hydrogen-bond acceptors (Lipinski definition) is 6. The highest BCUT2D eigenvalue weighted by Crippen LogP contribution is 2.21. The van der Waals surface area contributed by atoms with Crippen molar-refractivity contribution < 1.29 is 9.53 Å². The molecule has 0 saturated carbocycles. The van der Waals surface area contributed by atoms with Gasteiger partial charge in [0.05, 0.1) is 18.7 Å². The van der Waals surface area contributed by atoms with Crippen molar-refractivity contribution in [2.75, 3.05) is 19.7 Å². The Balaban J connectivity index is 1.50. The molecule has 1 atom stereocenters. The van der Waals surface area contributed by atoms with Gasteiger partial charge in [0.2, 0.25) is 0 Å². The number of carbonyl (C=O) groups excluding carboxylic acids is 1. The molecule has 0 bridgehead atoms. The molecule has 4 heterocycles. The fourth-order valence-electron chi connectivity index (χ4n) is 2.93. The molecule has 1 fully saturated rings. The van der Waals surface area contributed by atoms with Gasteiger partial charge in [0, 0.05) is 19.2 Å². The van der Waals surface area contributed by atoms with Crippen LogP contribution in [0.2, 0.25) is 0 Å². The van der Waals surface area contributed by atoms with Crippen LogP contribution < -0.4 is 0 Å². The van der Waals surface area contributed by atoms with Crippen molar-refractivity contribution in [1.82, 2.24) is 34.7 Å². The van der Waals surface area contributed by atoms with Gasteiger partial charge in [-0.2, -0.15) is 5.10 Å². The summed E-state index contributed by atoms with van der Waals surface area (Å²) in [6.07, 6.45) is 4.86. The largest absolute Gasteiger partial charge is 0.366 e. The van der Waals surface area contributed by atoms with E-state index in [1.807, 2.05) is 0 Å². The summed E-state index contributed by atoms with van der Waals surface area (Å²) in [7, 11) is 0. The normalized spacial score (nSPS) is 18.0. The van der Waals surface area contributed by atoms with E-state index in [1.54, 1.807) is 34.0 Å². The van der Waals surface area contributed by atoms with Gasteiger partial charge in [0.1, 0.15) is 18.3 Å². The van der Waals surface area contributed by atoms with Crippen molar-refractivity contribution in [3.8, 4) is 0 Å². The number of nitrogens with zero attached hydrogens (tertiary/aromatic N) is 6. The predicted octanol–water partition coefficient (Wildman–Crippen LogP) is 1.01. The van der Waals surface area contributed by atoms with Gasteiger partial charge >= 0.3 is 0 Å². The average Bonchev–Trinajstić information content (AvgIpc) is 3.30. The minimum atomic E-state index is -0.307. The minimum absolute atomic E-state index is 0.0479. The molecule has 25 heavy (non-hydrogen) atoms. The number of aromatic amines is 1. The van der Waals surface area contributed by atoms with Crippen LogP contribution in [0.3, 0.4) is 0 Å². The maximum atomic E-state index is 12.8. The molecule has 4 rings (SSSR count). The Labute approximate surface area is 144 Å². The van der Waals surface area contributed by atoms with Gasteiger partial charge in [-0.15, -0.1) is 10.2 Å². The number of carbonyl (C=O) groups is 1. The van der Waals surface area contributed by atoms with Crippen LogP contribution in [0.4, 0.5) is 0 Å². The fraction of sp³-hybridized carbons (Fsp3) is 0.438. The van der Waals surface area contributed by atoms with E-state index in [0.717, 1.165) is 18.7 Å². The Morgan fingerprint density at radius 3 is 3.24 bits per heavy atom. The summed E-state index contributed by atoms with van der Waals surface area (Å²) in [6.45, 7) is 3.53. The van der Waals surface area contributed by atoms with E-state index < -0.39 is 0 Å². The zero-order valence-corrected chi connectivity index (χ0v) is 13.9. The quantitative estimate of drug-likeness (QED) is 0.760. The Morgan fingerprint density at radius 1 is 1.44 bits per heavy atom. The molecular weight excluding hydrogens is 322 g/mol. The number of nitrogens with one attached hydrogen (secondary N) is 1. The second-order valence-electron chi connectivity index (χ2n) is 6.02. The Hall–Kier alpha value is -2.81. The highest BCUT2D eigenvalue weighted by Gasteiger charge is 2.28. The van der Waals surface area contributed by atoms with Crippen LogP contribution >= 0.6 is 0 Å². The number of ether oxygens (including phenoxy) is 1. The number of pyridine rings is 1. The van der Waals surface area contributed by atoms with E-state index in [4.69, 9.17) is 4.74 Å². The topological polar surface area (TPSA) is 101 Å². The number of aryl methyl sites for hydroxylation is 1. The maximum absolute atomic E-state index is 12.8. The monoisotopic (exact) mass is 341 g/mol. The minimum Gasteiger partial charge on any atom is -0.366 e. The number of fused-ring (bicyclic) bond motifs is 1. The first-order valence-corrected chi connectivity index (χ1v) is 8.36. The highest BCUT2D eigenvalue weighted by molar-refractivity contribution is 5.94. The molecule has 0 aromatic carbocycles. The van der Waals surface area contributed by atoms with Crippen LogP contribution in [0.25, 0.3) is 5.65 Å². The standard InChI is InChI=1S/C16H19N7O2/c1-2-3-13-18-15(21-19-13)12-9-22(6-7-25-12)16(24)11-4-5-14-20-17-10-23(14)8-11/h4-5,8,10,12H,2-3,6-7,9H2,1H3,(H,18,19,21)/t12-/m1/s1. The number of amides is 1. The van der Waals surface area contributed by atoms with E-state index in [-0.39, 0.29) is 12.0 Å². The maximum Gasteiger partial charge on any atom is 0.255 e. The lowest BCUT2D eigenvalue weighted by Gasteiger charge is -2.31. The summed E-state index contributed by atoms with van der Waals surface area (Å²) in [5.74, 6) is 1.41. The van der Waals surface area contributed by atoms with E-state index in [1.165, 1.54) is 0 Å². The third-order valence-corrected chi connectivity index (χ3v) is 4.22. The van der Waals surface area contributed by atoms with Gasteiger partial charge in [-0.25, -0.2) is 4.98 Å². The molecule has 1 N–H and O–H groups in total. The van der Waals surface area contributed by atoms with Crippen LogP contribution in [-0.2, 0) is 11.2 Å². The molecule has 1 aliphatic heterocycles. The van der Waals surface area contributed by atoms with E-state index in [0.29, 0.717) is 36.7 Å². The summed E-state index contributed by atoms with van der Waals surface area (Å²) in [6, 6.07) is 3.55. The summed E-state index contributed by atoms with van der Waals surface area (Å²) >= 11 is 0. The number of H-pyrrole nitrogens is 1. The van der Waals surface area contributed by atoms with Gasteiger partial charge in [0.25, 0.3) is 5.91 Å². The molecule has 0 radical (unpaired) electrons. The number of rotatable bonds is 4. The predicted molar refractivity (Wildman–Crippen MR) is 88.0 cm³/mol. The third-order valence-electron chi connectivity index (χ3n) is 4.22. The molecule has 130 valence electrons. The lowest BCUT2D eigenvalue weighted by molar-refractivity contribution is -0.0267. The van der Waals surface area contributed by atoms with Crippen LogP contribution in [0.15, 0.2) is 24.7 Å². The summed E-state index contributed by atoms with van der Waals surface area (Å²) < 4.78 is 7.50. The van der Waals surface area contributed by atoms with Crippen molar-refractivity contribution >= 4 is 11.6 Å². The molecule has 1 amide bonds. The Morgan fingerprint density at radius 2 is 2.36 bits per heavy atom. The van der Waals surface area contributed by atoms with Crippen molar-refractivity contribution in [2.45, 2.75) is 25.9 Å². The molecule has 1 aliphatic rings. The molecule has 9 nitrogen and oxygen atoms in total. The van der Waals surface area contributed by atoms with Crippen molar-refractivity contribution in [3.63, 3.8) is 0 Å².